The van der Waals surface area contributed by atoms with Crippen LogP contribution in [-0.2, 0) is 6.54 Å². The lowest BCUT2D eigenvalue weighted by atomic mass is 10.3. The highest BCUT2D eigenvalue weighted by Crippen LogP contribution is 2.20. The fourth-order valence-corrected chi connectivity index (χ4v) is 2.09. The highest BCUT2D eigenvalue weighted by molar-refractivity contribution is 7.09. The number of anilines is 1. The second kappa shape index (κ2) is 4.59. The Labute approximate surface area is 97.2 Å². The number of nitrogens with zero attached hydrogens (tertiary/aromatic N) is 2. The lowest BCUT2D eigenvalue weighted by Crippen LogP contribution is -2.00. The first-order chi connectivity index (χ1) is 7.27. The molecule has 2 heterocycles. The minimum Gasteiger partial charge on any atom is -0.378 e. The van der Waals surface area contributed by atoms with E-state index in [0.717, 1.165) is 17.9 Å². The molecular weight excluding hydrogens is 230 g/mol. The average Bonchev–Trinajstić information content (AvgIpc) is 2.63. The maximum absolute atomic E-state index is 5.92. The first kappa shape index (κ1) is 10.4. The molecule has 0 unspecified atom stereocenters. The summed E-state index contributed by atoms with van der Waals surface area (Å²) in [4.78, 5) is 9.39. The van der Waals surface area contributed by atoms with Crippen LogP contribution in [0.3, 0.4) is 0 Å². The van der Waals surface area contributed by atoms with E-state index in [1.807, 2.05) is 24.6 Å². The van der Waals surface area contributed by atoms with Gasteiger partial charge in [0.15, 0.2) is 5.15 Å². The molecule has 0 aromatic carbocycles. The van der Waals surface area contributed by atoms with Crippen molar-refractivity contribution in [3.8, 4) is 0 Å². The zero-order chi connectivity index (χ0) is 10.7. The zero-order valence-electron chi connectivity index (χ0n) is 8.20. The fraction of sp³-hybridized carbons (Fsp3) is 0.200. The Balaban J connectivity index is 2.06. The number of thiazole rings is 1. The van der Waals surface area contributed by atoms with E-state index in [1.165, 1.54) is 4.88 Å². The molecule has 0 saturated carbocycles. The molecule has 0 aliphatic heterocycles. The van der Waals surface area contributed by atoms with Crippen LogP contribution >= 0.6 is 22.9 Å². The first-order valence-electron chi connectivity index (χ1n) is 4.50. The van der Waals surface area contributed by atoms with Crippen LogP contribution in [0.15, 0.2) is 23.8 Å². The Morgan fingerprint density at radius 3 is 3.00 bits per heavy atom. The Hall–Kier alpha value is -1.13. The van der Waals surface area contributed by atoms with Gasteiger partial charge in [-0.1, -0.05) is 11.6 Å². The summed E-state index contributed by atoms with van der Waals surface area (Å²) in [7, 11) is 0. The number of aromatic nitrogens is 2. The Morgan fingerprint density at radius 1 is 1.47 bits per heavy atom. The predicted octanol–water partition coefficient (Wildman–Crippen LogP) is 3.11. The summed E-state index contributed by atoms with van der Waals surface area (Å²) >= 11 is 7.56. The van der Waals surface area contributed by atoms with Gasteiger partial charge in [-0.2, -0.15) is 0 Å². The van der Waals surface area contributed by atoms with Crippen LogP contribution in [0.25, 0.3) is 0 Å². The molecule has 2 rings (SSSR count). The van der Waals surface area contributed by atoms with Gasteiger partial charge >= 0.3 is 0 Å². The topological polar surface area (TPSA) is 37.8 Å². The molecule has 0 saturated heterocycles. The SMILES string of the molecule is Cc1ncsc1CNc1cccnc1Cl. The minimum absolute atomic E-state index is 0.500. The average molecular weight is 240 g/mol. The highest BCUT2D eigenvalue weighted by Gasteiger charge is 2.03. The summed E-state index contributed by atoms with van der Waals surface area (Å²) in [6.07, 6.45) is 1.67. The van der Waals surface area contributed by atoms with E-state index in [2.05, 4.69) is 15.3 Å². The number of hydrogen-bond acceptors (Lipinski definition) is 4. The Kier molecular flexibility index (Phi) is 3.18. The van der Waals surface area contributed by atoms with Gasteiger partial charge in [0.25, 0.3) is 0 Å². The quantitative estimate of drug-likeness (QED) is 0.837. The molecule has 1 N–H and O–H groups in total. The second-order valence-electron chi connectivity index (χ2n) is 3.06. The number of aryl methyl sites for hydroxylation is 1. The molecule has 0 spiro atoms. The van der Waals surface area contributed by atoms with Crippen molar-refractivity contribution in [3.63, 3.8) is 0 Å². The van der Waals surface area contributed by atoms with E-state index in [-0.39, 0.29) is 0 Å². The fourth-order valence-electron chi connectivity index (χ4n) is 1.19. The summed E-state index contributed by atoms with van der Waals surface area (Å²) in [5.41, 5.74) is 3.76. The normalized spacial score (nSPS) is 10.3. The molecule has 78 valence electrons. The number of pyridine rings is 1. The molecule has 0 amide bonds. The van der Waals surface area contributed by atoms with Crippen LogP contribution in [0, 0.1) is 6.92 Å². The van der Waals surface area contributed by atoms with Crippen molar-refractivity contribution < 1.29 is 0 Å². The van der Waals surface area contributed by atoms with Crippen molar-refractivity contribution in [3.05, 3.63) is 39.6 Å². The van der Waals surface area contributed by atoms with Crippen LogP contribution in [0.4, 0.5) is 5.69 Å². The van der Waals surface area contributed by atoms with E-state index in [0.29, 0.717) is 5.15 Å². The van der Waals surface area contributed by atoms with Crippen molar-refractivity contribution >= 4 is 28.6 Å². The lowest BCUT2D eigenvalue weighted by Gasteiger charge is -2.05. The van der Waals surface area contributed by atoms with Gasteiger partial charge in [0.1, 0.15) is 0 Å². The number of halogens is 1. The first-order valence-corrected chi connectivity index (χ1v) is 5.76. The number of hydrogen-bond donors (Lipinski definition) is 1. The Morgan fingerprint density at radius 2 is 2.33 bits per heavy atom. The highest BCUT2D eigenvalue weighted by atomic mass is 35.5. The molecular formula is C10H10ClN3S. The van der Waals surface area contributed by atoms with Gasteiger partial charge in [-0.3, -0.25) is 0 Å². The third-order valence-corrected chi connectivity index (χ3v) is 3.28. The van der Waals surface area contributed by atoms with E-state index in [4.69, 9.17) is 11.6 Å². The smallest absolute Gasteiger partial charge is 0.152 e. The lowest BCUT2D eigenvalue weighted by molar-refractivity contribution is 1.11. The molecule has 0 atom stereocenters. The van der Waals surface area contributed by atoms with E-state index in [1.54, 1.807) is 17.5 Å². The summed E-state index contributed by atoms with van der Waals surface area (Å²) in [6, 6.07) is 3.76. The molecule has 2 aromatic heterocycles. The van der Waals surface area contributed by atoms with Gasteiger partial charge in [-0.25, -0.2) is 9.97 Å². The molecule has 5 heteroatoms. The van der Waals surface area contributed by atoms with E-state index >= 15 is 0 Å². The monoisotopic (exact) mass is 239 g/mol. The number of rotatable bonds is 3. The van der Waals surface area contributed by atoms with Gasteiger partial charge in [0.05, 0.1) is 23.4 Å². The molecule has 0 fully saturated rings. The van der Waals surface area contributed by atoms with Gasteiger partial charge < -0.3 is 5.32 Å². The summed E-state index contributed by atoms with van der Waals surface area (Å²) in [6.45, 7) is 2.74. The van der Waals surface area contributed by atoms with E-state index in [9.17, 15) is 0 Å². The molecule has 0 aliphatic carbocycles. The largest absolute Gasteiger partial charge is 0.378 e. The third kappa shape index (κ3) is 2.46. The summed E-state index contributed by atoms with van der Waals surface area (Å²) in [5, 5.41) is 3.73. The van der Waals surface area contributed by atoms with Crippen LogP contribution < -0.4 is 5.32 Å². The standard InChI is InChI=1S/C10H10ClN3S/c1-7-9(15-6-14-7)5-13-8-3-2-4-12-10(8)11/h2-4,6,13H,5H2,1H3. The van der Waals surface area contributed by atoms with Gasteiger partial charge in [0, 0.05) is 11.1 Å². The van der Waals surface area contributed by atoms with Crippen molar-refractivity contribution in [1.29, 1.82) is 0 Å². The van der Waals surface area contributed by atoms with Gasteiger partial charge in [-0.05, 0) is 19.1 Å². The third-order valence-electron chi connectivity index (χ3n) is 2.04. The molecule has 0 bridgehead atoms. The van der Waals surface area contributed by atoms with Crippen molar-refractivity contribution in [2.45, 2.75) is 13.5 Å². The Bertz CT molecular complexity index is 455. The van der Waals surface area contributed by atoms with Crippen molar-refractivity contribution in [2.75, 3.05) is 5.32 Å². The predicted molar refractivity (Wildman–Crippen MR) is 63.4 cm³/mol. The van der Waals surface area contributed by atoms with Gasteiger partial charge in [-0.15, -0.1) is 11.3 Å². The molecule has 0 aliphatic rings. The maximum Gasteiger partial charge on any atom is 0.152 e. The zero-order valence-corrected chi connectivity index (χ0v) is 9.77. The van der Waals surface area contributed by atoms with Crippen molar-refractivity contribution in [2.24, 2.45) is 0 Å². The van der Waals surface area contributed by atoms with Crippen LogP contribution in [0.5, 0.6) is 0 Å². The molecule has 0 radical (unpaired) electrons. The molecule has 15 heavy (non-hydrogen) atoms. The molecule has 2 aromatic rings. The molecule has 3 nitrogen and oxygen atoms in total. The van der Waals surface area contributed by atoms with Gasteiger partial charge in [0.2, 0.25) is 0 Å². The van der Waals surface area contributed by atoms with Crippen molar-refractivity contribution in [1.82, 2.24) is 9.97 Å². The second-order valence-corrected chi connectivity index (χ2v) is 4.35. The van der Waals surface area contributed by atoms with Crippen LogP contribution in [0.1, 0.15) is 10.6 Å². The summed E-state index contributed by atoms with van der Waals surface area (Å²) in [5.74, 6) is 0. The van der Waals surface area contributed by atoms with E-state index < -0.39 is 0 Å². The minimum atomic E-state index is 0.500. The van der Waals surface area contributed by atoms with Crippen LogP contribution in [0.2, 0.25) is 5.15 Å². The summed E-state index contributed by atoms with van der Waals surface area (Å²) < 4.78 is 0. The maximum atomic E-state index is 5.92. The van der Waals surface area contributed by atoms with Crippen LogP contribution in [-0.4, -0.2) is 9.97 Å². The number of nitrogens with one attached hydrogen (secondary N) is 1.